The van der Waals surface area contributed by atoms with Crippen LogP contribution < -0.4 is 0 Å². The molecule has 0 saturated carbocycles. The number of halogens is 2. The Hall–Kier alpha value is -2.82. The Labute approximate surface area is 178 Å². The lowest BCUT2D eigenvalue weighted by Gasteiger charge is -2.08. The molecule has 4 nitrogen and oxygen atoms in total. The van der Waals surface area contributed by atoms with Crippen LogP contribution in [0.1, 0.15) is 12.5 Å². The van der Waals surface area contributed by atoms with E-state index >= 15 is 0 Å². The van der Waals surface area contributed by atoms with E-state index in [0.717, 1.165) is 33.4 Å². The lowest BCUT2D eigenvalue weighted by molar-refractivity contribution is -0.142. The van der Waals surface area contributed by atoms with Crippen molar-refractivity contribution in [2.24, 2.45) is 0 Å². The van der Waals surface area contributed by atoms with E-state index in [1.54, 1.807) is 19.3 Å². The summed E-state index contributed by atoms with van der Waals surface area (Å²) in [6, 6.07) is 19.3. The molecular weight excluding hydrogens is 407 g/mol. The fraction of sp³-hybridized carbons (Fsp3) is 0.130. The average molecular weight is 425 g/mol. The summed E-state index contributed by atoms with van der Waals surface area (Å²) < 4.78 is 7.01. The van der Waals surface area contributed by atoms with Gasteiger partial charge >= 0.3 is 5.97 Å². The first-order valence-electron chi connectivity index (χ1n) is 9.22. The molecule has 146 valence electrons. The zero-order valence-corrected chi connectivity index (χ0v) is 17.2. The second kappa shape index (κ2) is 8.27. The molecule has 0 atom stereocenters. The Bertz CT molecular complexity index is 1180. The van der Waals surface area contributed by atoms with Crippen molar-refractivity contribution in [3.8, 4) is 16.8 Å². The molecule has 0 fully saturated rings. The number of hydrogen-bond donors (Lipinski definition) is 0. The Kier molecular flexibility index (Phi) is 5.56. The number of imidazole rings is 1. The molecule has 0 saturated heterocycles. The molecule has 0 N–H and O–H groups in total. The van der Waals surface area contributed by atoms with Gasteiger partial charge in [0.2, 0.25) is 0 Å². The highest BCUT2D eigenvalue weighted by atomic mass is 35.5. The van der Waals surface area contributed by atoms with Gasteiger partial charge in [0, 0.05) is 21.3 Å². The number of ether oxygens (including phenoxy) is 1. The third kappa shape index (κ3) is 4.14. The van der Waals surface area contributed by atoms with Gasteiger partial charge < -0.3 is 4.74 Å². The Morgan fingerprint density at radius 2 is 1.83 bits per heavy atom. The second-order valence-corrected chi connectivity index (χ2v) is 7.43. The molecule has 0 bridgehead atoms. The quantitative estimate of drug-likeness (QED) is 0.363. The van der Waals surface area contributed by atoms with E-state index in [0.29, 0.717) is 16.7 Å². The van der Waals surface area contributed by atoms with Crippen LogP contribution in [0.2, 0.25) is 10.0 Å². The van der Waals surface area contributed by atoms with Crippen molar-refractivity contribution in [2.75, 3.05) is 6.61 Å². The summed E-state index contributed by atoms with van der Waals surface area (Å²) in [5.41, 5.74) is 5.62. The summed E-state index contributed by atoms with van der Waals surface area (Å²) in [5, 5.41) is 1.21. The first-order valence-corrected chi connectivity index (χ1v) is 9.98. The summed E-state index contributed by atoms with van der Waals surface area (Å²) in [7, 11) is 0. The zero-order valence-electron chi connectivity index (χ0n) is 15.7. The normalized spacial score (nSPS) is 11.0. The molecule has 1 aromatic heterocycles. The van der Waals surface area contributed by atoms with E-state index in [2.05, 4.69) is 4.98 Å². The van der Waals surface area contributed by atoms with Crippen LogP contribution in [0.15, 0.2) is 67.0 Å². The Balaban J connectivity index is 1.63. The topological polar surface area (TPSA) is 44.1 Å². The van der Waals surface area contributed by atoms with Gasteiger partial charge in [0.05, 0.1) is 24.1 Å². The van der Waals surface area contributed by atoms with Crippen molar-refractivity contribution in [2.45, 2.75) is 13.3 Å². The zero-order chi connectivity index (χ0) is 20.4. The van der Waals surface area contributed by atoms with Crippen LogP contribution in [0, 0.1) is 0 Å². The van der Waals surface area contributed by atoms with Crippen LogP contribution in [0.4, 0.5) is 0 Å². The summed E-state index contributed by atoms with van der Waals surface area (Å²) in [5.74, 6) is -0.221. The Morgan fingerprint density at radius 3 is 2.55 bits per heavy atom. The van der Waals surface area contributed by atoms with Crippen LogP contribution in [-0.4, -0.2) is 22.1 Å². The van der Waals surface area contributed by atoms with Gasteiger partial charge in [-0.1, -0.05) is 47.5 Å². The molecule has 3 aromatic carbocycles. The van der Waals surface area contributed by atoms with E-state index in [-0.39, 0.29) is 12.4 Å². The van der Waals surface area contributed by atoms with Crippen molar-refractivity contribution in [1.82, 2.24) is 9.55 Å². The lowest BCUT2D eigenvalue weighted by Crippen LogP contribution is -2.07. The minimum Gasteiger partial charge on any atom is -0.466 e. The van der Waals surface area contributed by atoms with Crippen molar-refractivity contribution in [1.29, 1.82) is 0 Å². The minimum atomic E-state index is -0.221. The number of carbonyl (C=O) groups is 1. The van der Waals surface area contributed by atoms with E-state index < -0.39 is 0 Å². The van der Waals surface area contributed by atoms with E-state index in [9.17, 15) is 4.79 Å². The van der Waals surface area contributed by atoms with Crippen LogP contribution in [0.3, 0.4) is 0 Å². The van der Waals surface area contributed by atoms with Gasteiger partial charge in [-0.25, -0.2) is 4.98 Å². The molecule has 0 unspecified atom stereocenters. The summed E-state index contributed by atoms with van der Waals surface area (Å²) in [6.07, 6.45) is 2.06. The minimum absolute atomic E-state index is 0.221. The first-order chi connectivity index (χ1) is 14.0. The number of aromatic nitrogens is 2. The SMILES string of the molecule is CCOC(=O)Cc1ccc(-n2cnc3cc(-c4ccc(Cl)cc4Cl)ccc32)cc1. The van der Waals surface area contributed by atoms with Crippen LogP contribution >= 0.6 is 23.2 Å². The largest absolute Gasteiger partial charge is 0.466 e. The summed E-state index contributed by atoms with van der Waals surface area (Å²) >= 11 is 12.3. The number of esters is 1. The van der Waals surface area contributed by atoms with Crippen molar-refractivity contribution >= 4 is 40.2 Å². The molecule has 1 heterocycles. The summed E-state index contributed by atoms with van der Waals surface area (Å²) in [6.45, 7) is 2.19. The van der Waals surface area contributed by atoms with Crippen molar-refractivity contribution in [3.63, 3.8) is 0 Å². The second-order valence-electron chi connectivity index (χ2n) is 6.59. The number of hydrogen-bond acceptors (Lipinski definition) is 3. The fourth-order valence-corrected chi connectivity index (χ4v) is 3.78. The number of rotatable bonds is 5. The molecule has 0 spiro atoms. The van der Waals surface area contributed by atoms with Gasteiger partial charge in [-0.3, -0.25) is 9.36 Å². The molecular formula is C23H18Cl2N2O2. The first kappa shape index (κ1) is 19.5. The van der Waals surface area contributed by atoms with Crippen molar-refractivity contribution in [3.05, 3.63) is 82.6 Å². The third-order valence-electron chi connectivity index (χ3n) is 4.66. The highest BCUT2D eigenvalue weighted by Crippen LogP contribution is 2.32. The number of benzene rings is 3. The highest BCUT2D eigenvalue weighted by molar-refractivity contribution is 6.36. The summed E-state index contributed by atoms with van der Waals surface area (Å²) in [4.78, 5) is 16.2. The van der Waals surface area contributed by atoms with E-state index in [1.807, 2.05) is 59.2 Å². The van der Waals surface area contributed by atoms with Crippen molar-refractivity contribution < 1.29 is 9.53 Å². The maximum absolute atomic E-state index is 11.6. The number of carbonyl (C=O) groups excluding carboxylic acids is 1. The standard InChI is InChI=1S/C23H18Cl2N2O2/c1-2-29-23(28)11-15-3-7-18(8-4-15)27-14-26-21-12-16(5-10-22(21)27)19-9-6-17(24)13-20(19)25/h3-10,12-14H,2,11H2,1H3. The maximum Gasteiger partial charge on any atom is 0.310 e. The van der Waals surface area contributed by atoms with Crippen LogP contribution in [-0.2, 0) is 16.0 Å². The van der Waals surface area contributed by atoms with Gasteiger partial charge in [-0.15, -0.1) is 0 Å². The van der Waals surface area contributed by atoms with Gasteiger partial charge in [0.25, 0.3) is 0 Å². The van der Waals surface area contributed by atoms with Crippen LogP contribution in [0.5, 0.6) is 0 Å². The maximum atomic E-state index is 11.6. The average Bonchev–Trinajstić information content (AvgIpc) is 3.12. The molecule has 0 aliphatic carbocycles. The van der Waals surface area contributed by atoms with Gasteiger partial charge in [0.15, 0.2) is 0 Å². The molecule has 4 aromatic rings. The lowest BCUT2D eigenvalue weighted by atomic mass is 10.0. The molecule has 0 aliphatic rings. The predicted molar refractivity (Wildman–Crippen MR) is 117 cm³/mol. The van der Waals surface area contributed by atoms with E-state index in [4.69, 9.17) is 27.9 Å². The molecule has 29 heavy (non-hydrogen) atoms. The predicted octanol–water partition coefficient (Wildman–Crippen LogP) is 6.10. The third-order valence-corrected chi connectivity index (χ3v) is 5.21. The molecule has 4 rings (SSSR count). The van der Waals surface area contributed by atoms with Crippen LogP contribution in [0.25, 0.3) is 27.8 Å². The molecule has 6 heteroatoms. The highest BCUT2D eigenvalue weighted by Gasteiger charge is 2.10. The monoisotopic (exact) mass is 424 g/mol. The number of nitrogens with zero attached hydrogens (tertiary/aromatic N) is 2. The smallest absolute Gasteiger partial charge is 0.310 e. The van der Waals surface area contributed by atoms with Gasteiger partial charge in [-0.05, 0) is 54.4 Å². The fourth-order valence-electron chi connectivity index (χ4n) is 3.26. The Morgan fingerprint density at radius 1 is 1.03 bits per heavy atom. The molecule has 0 amide bonds. The molecule has 0 aliphatic heterocycles. The number of fused-ring (bicyclic) bond motifs is 1. The molecule has 0 radical (unpaired) electrons. The van der Waals surface area contributed by atoms with Gasteiger partial charge in [-0.2, -0.15) is 0 Å². The van der Waals surface area contributed by atoms with Gasteiger partial charge in [0.1, 0.15) is 6.33 Å². The van der Waals surface area contributed by atoms with E-state index in [1.165, 1.54) is 0 Å².